The van der Waals surface area contributed by atoms with Crippen LogP contribution in [0.5, 0.6) is 5.75 Å². The number of amides is 2. The molecule has 0 atom stereocenters. The Hall–Kier alpha value is -3.09. The Kier molecular flexibility index (Phi) is 5.88. The van der Waals surface area contributed by atoms with Gasteiger partial charge in [-0.2, -0.15) is 0 Å². The molecule has 0 unspecified atom stereocenters. The highest BCUT2D eigenvalue weighted by atomic mass is 35.5. The largest absolute Gasteiger partial charge is 0.489 e. The summed E-state index contributed by atoms with van der Waals surface area (Å²) in [6.07, 6.45) is 1.65. The Bertz CT molecular complexity index is 1150. The fourth-order valence-electron chi connectivity index (χ4n) is 2.90. The highest BCUT2D eigenvalue weighted by Crippen LogP contribution is 2.36. The van der Waals surface area contributed by atoms with Crippen molar-refractivity contribution in [2.45, 2.75) is 6.61 Å². The molecular weight excluding hydrogens is 425 g/mol. The van der Waals surface area contributed by atoms with E-state index in [2.05, 4.69) is 0 Å². The molecule has 30 heavy (non-hydrogen) atoms. The van der Waals surface area contributed by atoms with Crippen LogP contribution in [0.3, 0.4) is 0 Å². The van der Waals surface area contributed by atoms with E-state index in [1.165, 1.54) is 12.1 Å². The van der Waals surface area contributed by atoms with Crippen molar-refractivity contribution in [3.05, 3.63) is 99.7 Å². The Morgan fingerprint density at radius 2 is 1.77 bits per heavy atom. The van der Waals surface area contributed by atoms with E-state index in [1.807, 2.05) is 6.07 Å². The number of anilines is 1. The highest BCUT2D eigenvalue weighted by Gasteiger charge is 2.36. The Morgan fingerprint density at radius 1 is 1.00 bits per heavy atom. The summed E-state index contributed by atoms with van der Waals surface area (Å²) in [5.41, 5.74) is 2.00. The predicted molar refractivity (Wildman–Crippen MR) is 117 cm³/mol. The minimum absolute atomic E-state index is 0.287. The van der Waals surface area contributed by atoms with Gasteiger partial charge < -0.3 is 4.74 Å². The Balaban J connectivity index is 1.50. The van der Waals surface area contributed by atoms with Crippen molar-refractivity contribution in [2.24, 2.45) is 0 Å². The summed E-state index contributed by atoms with van der Waals surface area (Å²) in [6.45, 7) is 0.287. The fourth-order valence-corrected chi connectivity index (χ4v) is 3.92. The van der Waals surface area contributed by atoms with Gasteiger partial charge in [-0.15, -0.1) is 0 Å². The number of carbonyl (C=O) groups is 2. The second-order valence-corrected chi connectivity index (χ2v) is 7.91. The second kappa shape index (κ2) is 8.73. The average molecular weight is 440 g/mol. The van der Waals surface area contributed by atoms with Gasteiger partial charge in [0.2, 0.25) is 0 Å². The molecule has 0 bridgehead atoms. The molecule has 1 saturated heterocycles. The lowest BCUT2D eigenvalue weighted by Gasteiger charge is -2.12. The SMILES string of the molecule is O=C1S/C(=C/c2cccc(OCc3ccc(F)cc3)c2)C(=O)N1c1cccc(Cl)c1. The molecule has 7 heteroatoms. The number of hydrogen-bond acceptors (Lipinski definition) is 4. The molecule has 4 rings (SSSR count). The van der Waals surface area contributed by atoms with Gasteiger partial charge in [-0.1, -0.05) is 41.9 Å². The van der Waals surface area contributed by atoms with Crippen LogP contribution in [0.25, 0.3) is 6.08 Å². The average Bonchev–Trinajstić information content (AvgIpc) is 3.01. The molecule has 150 valence electrons. The van der Waals surface area contributed by atoms with Crippen LogP contribution in [0.4, 0.5) is 14.9 Å². The number of halogens is 2. The van der Waals surface area contributed by atoms with Crippen LogP contribution in [0.15, 0.2) is 77.7 Å². The van der Waals surface area contributed by atoms with Gasteiger partial charge in [-0.3, -0.25) is 9.59 Å². The van der Waals surface area contributed by atoms with Crippen molar-refractivity contribution in [3.63, 3.8) is 0 Å². The molecule has 0 spiro atoms. The molecule has 2 amide bonds. The van der Waals surface area contributed by atoms with E-state index in [9.17, 15) is 14.0 Å². The fraction of sp³-hybridized carbons (Fsp3) is 0.0435. The Labute approximate surface area is 181 Å². The third-order valence-electron chi connectivity index (χ3n) is 4.33. The van der Waals surface area contributed by atoms with E-state index in [1.54, 1.807) is 60.7 Å². The summed E-state index contributed by atoms with van der Waals surface area (Å²) in [7, 11) is 0. The molecule has 0 aromatic heterocycles. The van der Waals surface area contributed by atoms with Crippen LogP contribution in [0.1, 0.15) is 11.1 Å². The van der Waals surface area contributed by atoms with E-state index in [-0.39, 0.29) is 17.7 Å². The molecule has 3 aromatic rings. The third kappa shape index (κ3) is 4.56. The maximum absolute atomic E-state index is 13.0. The molecule has 1 heterocycles. The number of imide groups is 1. The Morgan fingerprint density at radius 3 is 2.53 bits per heavy atom. The lowest BCUT2D eigenvalue weighted by Crippen LogP contribution is -2.27. The lowest BCUT2D eigenvalue weighted by molar-refractivity contribution is -0.113. The summed E-state index contributed by atoms with van der Waals surface area (Å²) in [5.74, 6) is -0.0977. The van der Waals surface area contributed by atoms with Gasteiger partial charge in [-0.05, 0) is 71.4 Å². The zero-order chi connectivity index (χ0) is 21.1. The van der Waals surface area contributed by atoms with E-state index in [0.29, 0.717) is 21.4 Å². The maximum Gasteiger partial charge on any atom is 0.298 e. The third-order valence-corrected chi connectivity index (χ3v) is 5.44. The summed E-state index contributed by atoms with van der Waals surface area (Å²) in [6, 6.07) is 19.9. The van der Waals surface area contributed by atoms with Gasteiger partial charge in [0.1, 0.15) is 18.2 Å². The zero-order valence-corrected chi connectivity index (χ0v) is 17.1. The number of thioether (sulfide) groups is 1. The monoisotopic (exact) mass is 439 g/mol. The lowest BCUT2D eigenvalue weighted by atomic mass is 10.2. The van der Waals surface area contributed by atoms with E-state index >= 15 is 0 Å². The standard InChI is InChI=1S/C23H15ClFNO3S/c24-17-4-2-5-19(13-17)26-22(27)21(30-23(26)28)12-16-3-1-6-20(11-16)29-14-15-7-9-18(25)10-8-15/h1-13H,14H2/b21-12+. The van der Waals surface area contributed by atoms with Crippen molar-refractivity contribution in [1.82, 2.24) is 0 Å². The van der Waals surface area contributed by atoms with E-state index < -0.39 is 5.91 Å². The first-order chi connectivity index (χ1) is 14.5. The molecule has 0 N–H and O–H groups in total. The highest BCUT2D eigenvalue weighted by molar-refractivity contribution is 8.19. The van der Waals surface area contributed by atoms with Crippen LogP contribution in [-0.2, 0) is 11.4 Å². The molecule has 1 fully saturated rings. The zero-order valence-electron chi connectivity index (χ0n) is 15.5. The normalized spacial score (nSPS) is 15.1. The first kappa shape index (κ1) is 20.2. The van der Waals surface area contributed by atoms with Gasteiger partial charge in [0.05, 0.1) is 10.6 Å². The summed E-state index contributed by atoms with van der Waals surface area (Å²) in [4.78, 5) is 26.6. The van der Waals surface area contributed by atoms with Gasteiger partial charge >= 0.3 is 0 Å². The smallest absolute Gasteiger partial charge is 0.298 e. The molecule has 0 saturated carbocycles. The van der Waals surface area contributed by atoms with Crippen LogP contribution >= 0.6 is 23.4 Å². The number of ether oxygens (including phenoxy) is 1. The van der Waals surface area contributed by atoms with Crippen molar-refractivity contribution >= 4 is 46.3 Å². The molecule has 1 aliphatic heterocycles. The van der Waals surface area contributed by atoms with Crippen molar-refractivity contribution in [1.29, 1.82) is 0 Å². The van der Waals surface area contributed by atoms with Gasteiger partial charge in [0, 0.05) is 5.02 Å². The van der Waals surface area contributed by atoms with Crippen molar-refractivity contribution < 1.29 is 18.7 Å². The van der Waals surface area contributed by atoms with Crippen molar-refractivity contribution in [2.75, 3.05) is 4.90 Å². The molecule has 3 aromatic carbocycles. The minimum Gasteiger partial charge on any atom is -0.489 e. The number of benzene rings is 3. The number of carbonyl (C=O) groups excluding carboxylic acids is 2. The first-order valence-electron chi connectivity index (χ1n) is 9.00. The van der Waals surface area contributed by atoms with Crippen LogP contribution in [-0.4, -0.2) is 11.1 Å². The first-order valence-corrected chi connectivity index (χ1v) is 10.2. The summed E-state index contributed by atoms with van der Waals surface area (Å²) in [5, 5.41) is 0.0683. The summed E-state index contributed by atoms with van der Waals surface area (Å²) < 4.78 is 18.8. The topological polar surface area (TPSA) is 46.6 Å². The quantitative estimate of drug-likeness (QED) is 0.438. The van der Waals surface area contributed by atoms with E-state index in [0.717, 1.165) is 27.8 Å². The van der Waals surface area contributed by atoms with Gasteiger partial charge in [-0.25, -0.2) is 9.29 Å². The minimum atomic E-state index is -0.398. The molecule has 1 aliphatic rings. The van der Waals surface area contributed by atoms with Crippen LogP contribution in [0, 0.1) is 5.82 Å². The number of rotatable bonds is 5. The second-order valence-electron chi connectivity index (χ2n) is 6.48. The predicted octanol–water partition coefficient (Wildman–Crippen LogP) is 6.30. The van der Waals surface area contributed by atoms with Crippen LogP contribution < -0.4 is 9.64 Å². The number of nitrogens with zero attached hydrogens (tertiary/aromatic N) is 1. The molecule has 4 nitrogen and oxygen atoms in total. The number of hydrogen-bond donors (Lipinski definition) is 0. The van der Waals surface area contributed by atoms with E-state index in [4.69, 9.17) is 16.3 Å². The summed E-state index contributed by atoms with van der Waals surface area (Å²) >= 11 is 6.85. The van der Waals surface area contributed by atoms with Crippen LogP contribution in [0.2, 0.25) is 5.02 Å². The maximum atomic E-state index is 13.0. The van der Waals surface area contributed by atoms with Gasteiger partial charge in [0.15, 0.2) is 0 Å². The van der Waals surface area contributed by atoms with Gasteiger partial charge in [0.25, 0.3) is 11.1 Å². The molecule has 0 radical (unpaired) electrons. The van der Waals surface area contributed by atoms with Crippen molar-refractivity contribution in [3.8, 4) is 5.75 Å². The molecular formula is C23H15ClFNO3S. The molecule has 0 aliphatic carbocycles.